The Morgan fingerprint density at radius 3 is 2.58 bits per heavy atom. The van der Waals surface area contributed by atoms with Crippen molar-refractivity contribution in [1.29, 1.82) is 0 Å². The maximum absolute atomic E-state index is 12.4. The van der Waals surface area contributed by atoms with Crippen molar-refractivity contribution < 1.29 is 8.42 Å². The molecule has 1 aromatic heterocycles. The zero-order valence-corrected chi connectivity index (χ0v) is 12.1. The van der Waals surface area contributed by atoms with Gasteiger partial charge in [0.2, 0.25) is 0 Å². The molecule has 1 aliphatic heterocycles. The molecule has 0 saturated carbocycles. The number of rotatable bonds is 5. The molecule has 0 unspecified atom stereocenters. The summed E-state index contributed by atoms with van der Waals surface area (Å²) in [7, 11) is -3.40. The SMILES string of the molecule is CCNCc1ccc(S(=O)(=O)N2CCCCC2)nc1. The molecular formula is C13H21N3O2S. The molecule has 1 fully saturated rings. The maximum atomic E-state index is 12.4. The summed E-state index contributed by atoms with van der Waals surface area (Å²) in [6, 6.07) is 3.43. The van der Waals surface area contributed by atoms with E-state index in [0.29, 0.717) is 19.6 Å². The average Bonchev–Trinajstić information content (AvgIpc) is 2.46. The summed E-state index contributed by atoms with van der Waals surface area (Å²) >= 11 is 0. The second-order valence-corrected chi connectivity index (χ2v) is 6.63. The molecule has 1 saturated heterocycles. The molecule has 6 heteroatoms. The molecule has 0 bridgehead atoms. The lowest BCUT2D eigenvalue weighted by Gasteiger charge is -2.25. The van der Waals surface area contributed by atoms with Gasteiger partial charge in [0.15, 0.2) is 5.03 Å². The number of hydrogen-bond donors (Lipinski definition) is 1. The van der Waals surface area contributed by atoms with Gasteiger partial charge in [0, 0.05) is 25.8 Å². The van der Waals surface area contributed by atoms with Gasteiger partial charge in [-0.15, -0.1) is 0 Å². The topological polar surface area (TPSA) is 62.3 Å². The van der Waals surface area contributed by atoms with Crippen molar-refractivity contribution in [3.8, 4) is 0 Å². The van der Waals surface area contributed by atoms with Gasteiger partial charge in [-0.1, -0.05) is 19.4 Å². The van der Waals surface area contributed by atoms with Gasteiger partial charge in [0.25, 0.3) is 10.0 Å². The summed E-state index contributed by atoms with van der Waals surface area (Å²) < 4.78 is 26.3. The lowest BCUT2D eigenvalue weighted by atomic mass is 10.2. The smallest absolute Gasteiger partial charge is 0.260 e. The Kier molecular flexibility index (Phi) is 4.90. The number of sulfonamides is 1. The normalized spacial score (nSPS) is 17.5. The number of nitrogens with zero attached hydrogens (tertiary/aromatic N) is 2. The number of nitrogens with one attached hydrogen (secondary N) is 1. The zero-order chi connectivity index (χ0) is 13.7. The Bertz CT molecular complexity index is 493. The number of pyridine rings is 1. The van der Waals surface area contributed by atoms with E-state index in [4.69, 9.17) is 0 Å². The minimum absolute atomic E-state index is 0.162. The van der Waals surface area contributed by atoms with Crippen molar-refractivity contribution >= 4 is 10.0 Å². The molecule has 1 aromatic rings. The molecule has 0 spiro atoms. The highest BCUT2D eigenvalue weighted by molar-refractivity contribution is 7.89. The van der Waals surface area contributed by atoms with E-state index in [1.54, 1.807) is 16.6 Å². The van der Waals surface area contributed by atoms with Crippen LogP contribution in [0.25, 0.3) is 0 Å². The van der Waals surface area contributed by atoms with Crippen LogP contribution >= 0.6 is 0 Å². The fourth-order valence-electron chi connectivity index (χ4n) is 2.17. The van der Waals surface area contributed by atoms with Crippen molar-refractivity contribution in [2.45, 2.75) is 37.8 Å². The second-order valence-electron chi connectivity index (χ2n) is 4.75. The summed E-state index contributed by atoms with van der Waals surface area (Å²) in [5, 5.41) is 3.35. The van der Waals surface area contributed by atoms with Gasteiger partial charge >= 0.3 is 0 Å². The second kappa shape index (κ2) is 6.45. The molecular weight excluding hydrogens is 262 g/mol. The van der Waals surface area contributed by atoms with E-state index < -0.39 is 10.0 Å². The van der Waals surface area contributed by atoms with Gasteiger partial charge in [-0.25, -0.2) is 13.4 Å². The van der Waals surface area contributed by atoms with Crippen LogP contribution in [-0.4, -0.2) is 37.3 Å². The van der Waals surface area contributed by atoms with Gasteiger partial charge in [-0.2, -0.15) is 4.31 Å². The first-order valence-corrected chi connectivity index (χ1v) is 8.24. The molecule has 19 heavy (non-hydrogen) atoms. The summed E-state index contributed by atoms with van der Waals surface area (Å²) in [4.78, 5) is 4.11. The van der Waals surface area contributed by atoms with Crippen molar-refractivity contribution in [2.75, 3.05) is 19.6 Å². The predicted octanol–water partition coefficient (Wildman–Crippen LogP) is 1.37. The lowest BCUT2D eigenvalue weighted by molar-refractivity contribution is 0.345. The Morgan fingerprint density at radius 2 is 2.00 bits per heavy atom. The van der Waals surface area contributed by atoms with Crippen molar-refractivity contribution in [2.24, 2.45) is 0 Å². The van der Waals surface area contributed by atoms with Crippen molar-refractivity contribution in [3.05, 3.63) is 23.9 Å². The Morgan fingerprint density at radius 1 is 1.26 bits per heavy atom. The van der Waals surface area contributed by atoms with E-state index in [-0.39, 0.29) is 5.03 Å². The molecule has 1 aliphatic rings. The highest BCUT2D eigenvalue weighted by Gasteiger charge is 2.26. The summed E-state index contributed by atoms with van der Waals surface area (Å²) in [5.41, 5.74) is 0.999. The largest absolute Gasteiger partial charge is 0.313 e. The minimum atomic E-state index is -3.40. The highest BCUT2D eigenvalue weighted by Crippen LogP contribution is 2.18. The Labute approximate surface area is 115 Å². The van der Waals surface area contributed by atoms with Crippen LogP contribution in [-0.2, 0) is 16.6 Å². The van der Waals surface area contributed by atoms with Gasteiger partial charge in [0.1, 0.15) is 0 Å². The Hall–Kier alpha value is -0.980. The molecule has 0 amide bonds. The fraction of sp³-hybridized carbons (Fsp3) is 0.615. The van der Waals surface area contributed by atoms with Crippen LogP contribution in [0.15, 0.2) is 23.4 Å². The molecule has 1 N–H and O–H groups in total. The third-order valence-electron chi connectivity index (χ3n) is 3.30. The van der Waals surface area contributed by atoms with Crippen LogP contribution in [0.1, 0.15) is 31.7 Å². The highest BCUT2D eigenvalue weighted by atomic mass is 32.2. The summed E-state index contributed by atoms with van der Waals surface area (Å²) in [6.45, 7) is 4.86. The van der Waals surface area contributed by atoms with Gasteiger partial charge in [-0.05, 0) is 31.0 Å². The van der Waals surface area contributed by atoms with Crippen LogP contribution in [0.5, 0.6) is 0 Å². The van der Waals surface area contributed by atoms with Gasteiger partial charge < -0.3 is 5.32 Å². The van der Waals surface area contributed by atoms with E-state index >= 15 is 0 Å². The molecule has 106 valence electrons. The molecule has 2 heterocycles. The van der Waals surface area contributed by atoms with Crippen molar-refractivity contribution in [1.82, 2.24) is 14.6 Å². The molecule has 2 rings (SSSR count). The molecule has 0 atom stereocenters. The number of hydrogen-bond acceptors (Lipinski definition) is 4. The summed E-state index contributed by atoms with van der Waals surface area (Å²) in [6.07, 6.45) is 4.63. The van der Waals surface area contributed by atoms with Gasteiger partial charge in [-0.3, -0.25) is 0 Å². The molecule has 5 nitrogen and oxygen atoms in total. The van der Waals surface area contributed by atoms with Crippen LogP contribution < -0.4 is 5.32 Å². The molecule has 0 radical (unpaired) electrons. The molecule has 0 aliphatic carbocycles. The van der Waals surface area contributed by atoms with E-state index in [1.165, 1.54) is 0 Å². The number of piperidine rings is 1. The van der Waals surface area contributed by atoms with E-state index in [9.17, 15) is 8.42 Å². The van der Waals surface area contributed by atoms with Crippen molar-refractivity contribution in [3.63, 3.8) is 0 Å². The average molecular weight is 283 g/mol. The van der Waals surface area contributed by atoms with E-state index in [0.717, 1.165) is 31.4 Å². The van der Waals surface area contributed by atoms with Crippen LogP contribution in [0.4, 0.5) is 0 Å². The standard InChI is InChI=1S/C13H21N3O2S/c1-2-14-10-12-6-7-13(15-11-12)19(17,18)16-8-4-3-5-9-16/h6-7,11,14H,2-5,8-10H2,1H3. The zero-order valence-electron chi connectivity index (χ0n) is 11.3. The van der Waals surface area contributed by atoms with Gasteiger partial charge in [0.05, 0.1) is 0 Å². The minimum Gasteiger partial charge on any atom is -0.313 e. The fourth-order valence-corrected chi connectivity index (χ4v) is 3.60. The van der Waals surface area contributed by atoms with E-state index in [1.807, 2.05) is 13.0 Å². The van der Waals surface area contributed by atoms with Crippen LogP contribution in [0.3, 0.4) is 0 Å². The first kappa shape index (κ1) is 14.4. The monoisotopic (exact) mass is 283 g/mol. The lowest BCUT2D eigenvalue weighted by Crippen LogP contribution is -2.36. The third kappa shape index (κ3) is 3.52. The maximum Gasteiger partial charge on any atom is 0.260 e. The quantitative estimate of drug-likeness (QED) is 0.886. The first-order chi connectivity index (χ1) is 9.14. The third-order valence-corrected chi connectivity index (χ3v) is 5.11. The van der Waals surface area contributed by atoms with Crippen LogP contribution in [0, 0.1) is 0 Å². The van der Waals surface area contributed by atoms with E-state index in [2.05, 4.69) is 10.3 Å². The summed E-state index contributed by atoms with van der Waals surface area (Å²) in [5.74, 6) is 0. The predicted molar refractivity (Wildman–Crippen MR) is 74.2 cm³/mol. The first-order valence-electron chi connectivity index (χ1n) is 6.80. The Balaban J connectivity index is 2.11. The molecule has 0 aromatic carbocycles. The number of aromatic nitrogens is 1. The van der Waals surface area contributed by atoms with Crippen LogP contribution in [0.2, 0.25) is 0 Å².